The van der Waals surface area contributed by atoms with Gasteiger partial charge in [0.15, 0.2) is 0 Å². The van der Waals surface area contributed by atoms with Gasteiger partial charge < -0.3 is 9.88 Å². The highest BCUT2D eigenvalue weighted by Crippen LogP contribution is 2.18. The first-order valence-electron chi connectivity index (χ1n) is 12.7. The molecule has 0 aliphatic carbocycles. The topological polar surface area (TPSA) is 87.5 Å². The minimum atomic E-state index is -3.47. The van der Waals surface area contributed by atoms with Crippen molar-refractivity contribution in [2.24, 2.45) is 0 Å². The maximum absolute atomic E-state index is 12.9. The molecule has 2 heterocycles. The number of hydrogen-bond donors (Lipinski definition) is 1. The molecule has 4 aromatic rings. The molecule has 3 aromatic carbocycles. The van der Waals surface area contributed by atoms with Crippen LogP contribution in [-0.4, -0.2) is 59.3 Å². The largest absolute Gasteiger partial charge is 0.348 e. The van der Waals surface area contributed by atoms with E-state index in [9.17, 15) is 13.2 Å². The van der Waals surface area contributed by atoms with E-state index in [0.29, 0.717) is 49.7 Å². The summed E-state index contributed by atoms with van der Waals surface area (Å²) in [7, 11) is -3.47. The highest BCUT2D eigenvalue weighted by molar-refractivity contribution is 7.89. The molecule has 0 atom stereocenters. The molecule has 0 unspecified atom stereocenters. The monoisotopic (exact) mass is 529 g/mol. The summed E-state index contributed by atoms with van der Waals surface area (Å²) in [5.74, 6) is -0.120. The number of amides is 1. The maximum atomic E-state index is 12.9. The minimum Gasteiger partial charge on any atom is -0.348 e. The zero-order valence-corrected chi connectivity index (χ0v) is 21.9. The molecule has 1 aromatic heterocycles. The van der Waals surface area contributed by atoms with E-state index in [1.165, 1.54) is 0 Å². The molecule has 38 heavy (non-hydrogen) atoms. The number of carbonyl (C=O) groups excluding carboxylic acids is 1. The number of imidazole rings is 1. The van der Waals surface area contributed by atoms with Crippen molar-refractivity contribution in [3.05, 3.63) is 120 Å². The molecule has 0 bridgehead atoms. The van der Waals surface area contributed by atoms with Crippen molar-refractivity contribution in [3.8, 4) is 0 Å². The predicted molar refractivity (Wildman–Crippen MR) is 146 cm³/mol. The molecule has 9 heteroatoms. The van der Waals surface area contributed by atoms with Gasteiger partial charge in [-0.1, -0.05) is 54.6 Å². The van der Waals surface area contributed by atoms with E-state index >= 15 is 0 Å². The second kappa shape index (κ2) is 11.7. The number of nitrogens with one attached hydrogen (secondary N) is 1. The Balaban J connectivity index is 1.14. The first-order valence-corrected chi connectivity index (χ1v) is 14.1. The summed E-state index contributed by atoms with van der Waals surface area (Å²) in [5.41, 5.74) is 3.82. The van der Waals surface area contributed by atoms with Crippen LogP contribution in [0, 0.1) is 0 Å². The lowest BCUT2D eigenvalue weighted by Crippen LogP contribution is -2.48. The highest BCUT2D eigenvalue weighted by atomic mass is 32.2. The number of sulfonamides is 1. The molecule has 0 saturated carbocycles. The molecule has 1 fully saturated rings. The van der Waals surface area contributed by atoms with Gasteiger partial charge in [0.25, 0.3) is 5.91 Å². The lowest BCUT2D eigenvalue weighted by atomic mass is 10.1. The van der Waals surface area contributed by atoms with Gasteiger partial charge in [0.1, 0.15) is 0 Å². The zero-order valence-electron chi connectivity index (χ0n) is 21.1. The Morgan fingerprint density at radius 2 is 1.53 bits per heavy atom. The van der Waals surface area contributed by atoms with Gasteiger partial charge in [-0.15, -0.1) is 0 Å². The van der Waals surface area contributed by atoms with Crippen LogP contribution in [0.5, 0.6) is 0 Å². The van der Waals surface area contributed by atoms with Gasteiger partial charge in [0, 0.05) is 63.8 Å². The quantitative estimate of drug-likeness (QED) is 0.359. The van der Waals surface area contributed by atoms with Crippen LogP contribution in [0.25, 0.3) is 0 Å². The summed E-state index contributed by atoms with van der Waals surface area (Å²) in [6.45, 7) is 4.00. The van der Waals surface area contributed by atoms with E-state index in [4.69, 9.17) is 0 Å². The third-order valence-corrected chi connectivity index (χ3v) is 8.59. The molecule has 1 aliphatic heterocycles. The van der Waals surface area contributed by atoms with Crippen LogP contribution in [0.4, 0.5) is 0 Å². The van der Waals surface area contributed by atoms with Crippen LogP contribution >= 0.6 is 0 Å². The van der Waals surface area contributed by atoms with Crippen molar-refractivity contribution in [2.45, 2.75) is 24.5 Å². The van der Waals surface area contributed by atoms with E-state index in [1.54, 1.807) is 41.1 Å². The fourth-order valence-corrected chi connectivity index (χ4v) is 6.10. The van der Waals surface area contributed by atoms with Gasteiger partial charge in [-0.3, -0.25) is 9.69 Å². The van der Waals surface area contributed by atoms with Crippen LogP contribution in [0.1, 0.15) is 27.0 Å². The Kier molecular flexibility index (Phi) is 7.97. The normalized spacial score (nSPS) is 14.8. The Morgan fingerprint density at radius 3 is 2.26 bits per heavy atom. The van der Waals surface area contributed by atoms with E-state index < -0.39 is 10.0 Å². The summed E-state index contributed by atoms with van der Waals surface area (Å²) >= 11 is 0. The van der Waals surface area contributed by atoms with Gasteiger partial charge in [-0.25, -0.2) is 13.4 Å². The van der Waals surface area contributed by atoms with Crippen LogP contribution in [-0.2, 0) is 29.7 Å². The van der Waals surface area contributed by atoms with Crippen molar-refractivity contribution in [2.75, 3.05) is 26.2 Å². The van der Waals surface area contributed by atoms with Crippen LogP contribution in [0.15, 0.2) is 102 Å². The number of hydrogen-bond acceptors (Lipinski definition) is 5. The number of aromatic nitrogens is 2. The predicted octanol–water partition coefficient (Wildman–Crippen LogP) is 3.37. The van der Waals surface area contributed by atoms with E-state index in [1.807, 2.05) is 53.2 Å². The molecule has 1 N–H and O–H groups in total. The van der Waals surface area contributed by atoms with E-state index in [-0.39, 0.29) is 5.91 Å². The van der Waals surface area contributed by atoms with E-state index in [2.05, 4.69) is 27.3 Å². The van der Waals surface area contributed by atoms with Crippen molar-refractivity contribution in [1.82, 2.24) is 24.1 Å². The second-order valence-corrected chi connectivity index (χ2v) is 11.4. The third kappa shape index (κ3) is 6.36. The molecule has 1 aliphatic rings. The van der Waals surface area contributed by atoms with Crippen molar-refractivity contribution < 1.29 is 13.2 Å². The number of carbonyl (C=O) groups is 1. The van der Waals surface area contributed by atoms with Crippen molar-refractivity contribution in [1.29, 1.82) is 0 Å². The SMILES string of the molecule is O=C(NCc1cccc(Cn2ccnc2)c1)c1cccc(CN2CCN(S(=O)(=O)c3ccccc3)CC2)c1. The molecule has 8 nitrogen and oxygen atoms in total. The fourth-order valence-electron chi connectivity index (χ4n) is 4.65. The average Bonchev–Trinajstić information content (AvgIpc) is 3.46. The number of piperazine rings is 1. The summed E-state index contributed by atoms with van der Waals surface area (Å²) in [5, 5.41) is 3.03. The molecule has 0 spiro atoms. The Bertz CT molecular complexity index is 1470. The second-order valence-electron chi connectivity index (χ2n) is 9.43. The third-order valence-electron chi connectivity index (χ3n) is 6.68. The zero-order chi connectivity index (χ0) is 26.4. The molecule has 196 valence electrons. The molecule has 5 rings (SSSR count). The molecular weight excluding hydrogens is 498 g/mol. The van der Waals surface area contributed by atoms with Gasteiger partial charge in [-0.05, 0) is 41.0 Å². The summed E-state index contributed by atoms with van der Waals surface area (Å²) in [6.07, 6.45) is 5.47. The Morgan fingerprint density at radius 1 is 0.816 bits per heavy atom. The van der Waals surface area contributed by atoms with Gasteiger partial charge >= 0.3 is 0 Å². The van der Waals surface area contributed by atoms with Crippen molar-refractivity contribution in [3.63, 3.8) is 0 Å². The smallest absolute Gasteiger partial charge is 0.251 e. The van der Waals surface area contributed by atoms with Crippen molar-refractivity contribution >= 4 is 15.9 Å². The average molecular weight is 530 g/mol. The molecule has 1 saturated heterocycles. The minimum absolute atomic E-state index is 0.120. The number of benzene rings is 3. The molecule has 1 amide bonds. The van der Waals surface area contributed by atoms with Crippen LogP contribution in [0.3, 0.4) is 0 Å². The highest BCUT2D eigenvalue weighted by Gasteiger charge is 2.28. The maximum Gasteiger partial charge on any atom is 0.251 e. The van der Waals surface area contributed by atoms with E-state index in [0.717, 1.165) is 23.2 Å². The van der Waals surface area contributed by atoms with Gasteiger partial charge in [-0.2, -0.15) is 4.31 Å². The first kappa shape index (κ1) is 25.8. The lowest BCUT2D eigenvalue weighted by molar-refractivity contribution is 0.0950. The summed E-state index contributed by atoms with van der Waals surface area (Å²) < 4.78 is 29.3. The lowest BCUT2D eigenvalue weighted by Gasteiger charge is -2.34. The summed E-state index contributed by atoms with van der Waals surface area (Å²) in [4.78, 5) is 19.5. The fraction of sp³-hybridized carbons (Fsp3) is 0.241. The Hall–Kier alpha value is -3.79. The number of nitrogens with zero attached hydrogens (tertiary/aromatic N) is 4. The van der Waals surface area contributed by atoms with Crippen LogP contribution in [0.2, 0.25) is 0 Å². The van der Waals surface area contributed by atoms with Gasteiger partial charge in [0.05, 0.1) is 11.2 Å². The molecular formula is C29H31N5O3S. The standard InChI is InChI=1S/C29H31N5O3S/c35-29(31-20-24-6-4-7-25(18-24)22-33-13-12-30-23-33)27-9-5-8-26(19-27)21-32-14-16-34(17-15-32)38(36,37)28-10-2-1-3-11-28/h1-13,18-19,23H,14-17,20-22H2,(H,31,35). The molecule has 0 radical (unpaired) electrons. The van der Waals surface area contributed by atoms with Crippen LogP contribution < -0.4 is 5.32 Å². The van der Waals surface area contributed by atoms with Gasteiger partial charge in [0.2, 0.25) is 10.0 Å². The summed E-state index contributed by atoms with van der Waals surface area (Å²) in [6, 6.07) is 24.4. The number of rotatable bonds is 9. The first-order chi connectivity index (χ1) is 18.5. The Labute approximate surface area is 223 Å².